The summed E-state index contributed by atoms with van der Waals surface area (Å²) in [5, 5.41) is 9.93. The first-order valence-corrected chi connectivity index (χ1v) is 6.27. The fourth-order valence-electron chi connectivity index (χ4n) is 1.93. The standard InChI is InChI=1S/C11H17NO2S/c1-8-11(9-4-6-14-7-9)12-10(15-8)3-2-5-13/h9,13H,2-7H2,1H3. The van der Waals surface area contributed by atoms with Gasteiger partial charge in [0.25, 0.3) is 0 Å². The van der Waals surface area contributed by atoms with Crippen molar-refractivity contribution in [3.63, 3.8) is 0 Å². The second kappa shape index (κ2) is 5.05. The van der Waals surface area contributed by atoms with Gasteiger partial charge in [0.1, 0.15) is 0 Å². The molecule has 0 saturated carbocycles. The van der Waals surface area contributed by atoms with Crippen LogP contribution in [0, 0.1) is 6.92 Å². The SMILES string of the molecule is Cc1sc(CCCO)nc1C1CCOC1. The number of nitrogens with zero attached hydrogens (tertiary/aromatic N) is 1. The molecule has 1 aliphatic heterocycles. The van der Waals surface area contributed by atoms with Crippen molar-refractivity contribution in [2.45, 2.75) is 32.1 Å². The van der Waals surface area contributed by atoms with Gasteiger partial charge in [0, 0.05) is 30.4 Å². The predicted molar refractivity (Wildman–Crippen MR) is 60.4 cm³/mol. The van der Waals surface area contributed by atoms with Crippen LogP contribution < -0.4 is 0 Å². The molecule has 1 saturated heterocycles. The van der Waals surface area contributed by atoms with Crippen molar-refractivity contribution in [3.05, 3.63) is 15.6 Å². The average molecular weight is 227 g/mol. The van der Waals surface area contributed by atoms with Crippen LogP contribution >= 0.6 is 11.3 Å². The monoisotopic (exact) mass is 227 g/mol. The Kier molecular flexibility index (Phi) is 3.72. The number of aromatic nitrogens is 1. The largest absolute Gasteiger partial charge is 0.396 e. The van der Waals surface area contributed by atoms with E-state index >= 15 is 0 Å². The lowest BCUT2D eigenvalue weighted by atomic mass is 10.0. The zero-order valence-electron chi connectivity index (χ0n) is 9.03. The van der Waals surface area contributed by atoms with E-state index in [1.54, 1.807) is 11.3 Å². The summed E-state index contributed by atoms with van der Waals surface area (Å²) < 4.78 is 5.38. The summed E-state index contributed by atoms with van der Waals surface area (Å²) in [5.74, 6) is 0.504. The molecule has 0 bridgehead atoms. The molecule has 1 N–H and O–H groups in total. The highest BCUT2D eigenvalue weighted by Crippen LogP contribution is 2.30. The van der Waals surface area contributed by atoms with Crippen molar-refractivity contribution in [2.24, 2.45) is 0 Å². The lowest BCUT2D eigenvalue weighted by molar-refractivity contribution is 0.193. The van der Waals surface area contributed by atoms with E-state index in [0.717, 1.165) is 37.5 Å². The Hall–Kier alpha value is -0.450. The Morgan fingerprint density at radius 1 is 1.60 bits per heavy atom. The van der Waals surface area contributed by atoms with Crippen LogP contribution in [0.4, 0.5) is 0 Å². The van der Waals surface area contributed by atoms with Gasteiger partial charge in [-0.1, -0.05) is 0 Å². The van der Waals surface area contributed by atoms with E-state index < -0.39 is 0 Å². The molecule has 0 spiro atoms. The molecule has 1 aromatic heterocycles. The molecule has 2 rings (SSSR count). The summed E-state index contributed by atoms with van der Waals surface area (Å²) in [5.41, 5.74) is 1.23. The first-order chi connectivity index (χ1) is 7.31. The highest BCUT2D eigenvalue weighted by atomic mass is 32.1. The molecule has 0 amide bonds. The van der Waals surface area contributed by atoms with Crippen LogP contribution in [0.15, 0.2) is 0 Å². The summed E-state index contributed by atoms with van der Waals surface area (Å²) in [6.45, 7) is 4.08. The fourth-order valence-corrected chi connectivity index (χ4v) is 2.99. The van der Waals surface area contributed by atoms with Crippen molar-refractivity contribution in [1.82, 2.24) is 4.98 Å². The van der Waals surface area contributed by atoms with Gasteiger partial charge in [0.05, 0.1) is 17.3 Å². The number of hydrogen-bond donors (Lipinski definition) is 1. The number of aryl methyl sites for hydroxylation is 2. The number of rotatable bonds is 4. The Morgan fingerprint density at radius 3 is 3.13 bits per heavy atom. The quantitative estimate of drug-likeness (QED) is 0.854. The summed E-state index contributed by atoms with van der Waals surface area (Å²) >= 11 is 1.76. The van der Waals surface area contributed by atoms with Gasteiger partial charge in [-0.05, 0) is 19.8 Å². The molecule has 1 unspecified atom stereocenters. The normalized spacial score (nSPS) is 21.1. The van der Waals surface area contributed by atoms with E-state index in [4.69, 9.17) is 9.84 Å². The molecule has 0 aliphatic carbocycles. The van der Waals surface area contributed by atoms with Crippen LogP contribution in [0.3, 0.4) is 0 Å². The zero-order chi connectivity index (χ0) is 10.7. The number of aliphatic hydroxyl groups is 1. The first kappa shape index (κ1) is 11.0. The minimum Gasteiger partial charge on any atom is -0.396 e. The van der Waals surface area contributed by atoms with Crippen LogP contribution in [0.1, 0.15) is 34.3 Å². The maximum Gasteiger partial charge on any atom is 0.0932 e. The van der Waals surface area contributed by atoms with Crippen LogP contribution in [0.2, 0.25) is 0 Å². The van der Waals surface area contributed by atoms with E-state index in [1.165, 1.54) is 10.6 Å². The Bertz CT molecular complexity index is 318. The Morgan fingerprint density at radius 2 is 2.47 bits per heavy atom. The summed E-state index contributed by atoms with van der Waals surface area (Å²) in [7, 11) is 0. The van der Waals surface area contributed by atoms with Gasteiger partial charge < -0.3 is 9.84 Å². The summed E-state index contributed by atoms with van der Waals surface area (Å²) in [6, 6.07) is 0. The van der Waals surface area contributed by atoms with Crippen molar-refractivity contribution in [1.29, 1.82) is 0 Å². The van der Waals surface area contributed by atoms with Crippen LogP contribution in [0.25, 0.3) is 0 Å². The van der Waals surface area contributed by atoms with Crippen molar-refractivity contribution in [2.75, 3.05) is 19.8 Å². The van der Waals surface area contributed by atoms with E-state index in [-0.39, 0.29) is 6.61 Å². The van der Waals surface area contributed by atoms with Gasteiger partial charge in [0.2, 0.25) is 0 Å². The number of thiazole rings is 1. The summed E-state index contributed by atoms with van der Waals surface area (Å²) in [4.78, 5) is 5.97. The van der Waals surface area contributed by atoms with E-state index in [9.17, 15) is 0 Å². The van der Waals surface area contributed by atoms with E-state index in [2.05, 4.69) is 11.9 Å². The Balaban J connectivity index is 2.06. The minimum absolute atomic E-state index is 0.250. The molecule has 2 heterocycles. The molecule has 1 fully saturated rings. The lowest BCUT2D eigenvalue weighted by Crippen LogP contribution is -2.00. The van der Waals surface area contributed by atoms with Gasteiger partial charge in [-0.3, -0.25) is 0 Å². The third-order valence-corrected chi connectivity index (χ3v) is 3.79. The molecule has 1 aromatic rings. The highest BCUT2D eigenvalue weighted by molar-refractivity contribution is 7.11. The molecule has 3 nitrogen and oxygen atoms in total. The third-order valence-electron chi connectivity index (χ3n) is 2.74. The second-order valence-electron chi connectivity index (χ2n) is 3.94. The third kappa shape index (κ3) is 2.56. The second-order valence-corrected chi connectivity index (χ2v) is 5.22. The molecule has 0 radical (unpaired) electrons. The van der Waals surface area contributed by atoms with Gasteiger partial charge in [-0.15, -0.1) is 11.3 Å². The minimum atomic E-state index is 0.250. The molecule has 0 aromatic carbocycles. The maximum atomic E-state index is 8.77. The maximum absolute atomic E-state index is 8.77. The van der Waals surface area contributed by atoms with Gasteiger partial charge in [-0.2, -0.15) is 0 Å². The smallest absolute Gasteiger partial charge is 0.0932 e. The van der Waals surface area contributed by atoms with Crippen molar-refractivity contribution >= 4 is 11.3 Å². The van der Waals surface area contributed by atoms with E-state index in [0.29, 0.717) is 5.92 Å². The highest BCUT2D eigenvalue weighted by Gasteiger charge is 2.22. The predicted octanol–water partition coefficient (Wildman–Crippen LogP) is 1.88. The van der Waals surface area contributed by atoms with E-state index in [1.807, 2.05) is 0 Å². The number of ether oxygens (including phenoxy) is 1. The summed E-state index contributed by atoms with van der Waals surface area (Å²) in [6.07, 6.45) is 2.81. The van der Waals surface area contributed by atoms with Crippen LogP contribution in [0.5, 0.6) is 0 Å². The number of aliphatic hydroxyl groups excluding tert-OH is 1. The van der Waals surface area contributed by atoms with Crippen LogP contribution in [-0.4, -0.2) is 29.9 Å². The van der Waals surface area contributed by atoms with Crippen molar-refractivity contribution < 1.29 is 9.84 Å². The Labute approximate surface area is 94.1 Å². The molecular formula is C11H17NO2S. The molecule has 1 atom stereocenters. The lowest BCUT2D eigenvalue weighted by Gasteiger charge is -2.03. The topological polar surface area (TPSA) is 42.4 Å². The molecule has 1 aliphatic rings. The molecule has 84 valence electrons. The van der Waals surface area contributed by atoms with Crippen molar-refractivity contribution in [3.8, 4) is 0 Å². The molecular weight excluding hydrogens is 210 g/mol. The van der Waals surface area contributed by atoms with Crippen LogP contribution in [-0.2, 0) is 11.2 Å². The zero-order valence-corrected chi connectivity index (χ0v) is 9.85. The molecule has 4 heteroatoms. The van der Waals surface area contributed by atoms with Gasteiger partial charge in [0.15, 0.2) is 0 Å². The first-order valence-electron chi connectivity index (χ1n) is 5.46. The average Bonchev–Trinajstić information content (AvgIpc) is 2.83. The number of hydrogen-bond acceptors (Lipinski definition) is 4. The van der Waals surface area contributed by atoms with Gasteiger partial charge in [-0.25, -0.2) is 4.98 Å². The van der Waals surface area contributed by atoms with Gasteiger partial charge >= 0.3 is 0 Å². The fraction of sp³-hybridized carbons (Fsp3) is 0.727. The molecule has 15 heavy (non-hydrogen) atoms.